The predicted molar refractivity (Wildman–Crippen MR) is 254 cm³/mol. The van der Waals surface area contributed by atoms with Crippen molar-refractivity contribution >= 4 is 11.7 Å². The lowest BCUT2D eigenvalue weighted by atomic mass is 9.93. The molecule has 0 saturated carbocycles. The number of fused-ring (bicyclic) bond motifs is 1. The highest BCUT2D eigenvalue weighted by Crippen LogP contribution is 2.45. The Bertz CT molecular complexity index is 2820. The van der Waals surface area contributed by atoms with E-state index in [0.717, 1.165) is 33.4 Å². The molecule has 0 bridgehead atoms. The van der Waals surface area contributed by atoms with Crippen LogP contribution >= 0.6 is 0 Å². The number of hydrogen-bond acceptors (Lipinski definition) is 9. The van der Waals surface area contributed by atoms with Crippen LogP contribution in [0.25, 0.3) is 0 Å². The average Bonchev–Trinajstić information content (AvgIpc) is 3.37. The summed E-state index contributed by atoms with van der Waals surface area (Å²) < 4.78 is 45.4. The van der Waals surface area contributed by atoms with Crippen LogP contribution in [-0.2, 0) is 44.2 Å². The summed E-state index contributed by atoms with van der Waals surface area (Å²) >= 11 is 0. The second-order valence-corrected chi connectivity index (χ2v) is 15.9. The molecule has 1 aliphatic rings. The third-order valence-electron chi connectivity index (χ3n) is 11.1. The lowest BCUT2D eigenvalue weighted by Gasteiger charge is -2.35. The molecular formula is C57H49NO8. The van der Waals surface area contributed by atoms with Crippen LogP contribution in [-0.4, -0.2) is 12.1 Å². The van der Waals surface area contributed by atoms with E-state index in [1.807, 2.05) is 182 Å². The number of nitrogens with two attached hydrogens (primary N) is 1. The lowest BCUT2D eigenvalue weighted by molar-refractivity contribution is -0.0190. The van der Waals surface area contributed by atoms with Gasteiger partial charge in [-0.05, 0) is 58.1 Å². The molecule has 2 atom stereocenters. The van der Waals surface area contributed by atoms with Gasteiger partial charge in [0.2, 0.25) is 0 Å². The van der Waals surface area contributed by atoms with Gasteiger partial charge in [0.15, 0.2) is 17.6 Å². The maximum Gasteiger partial charge on any atom is 0.338 e. The van der Waals surface area contributed by atoms with E-state index in [0.29, 0.717) is 72.2 Å². The fraction of sp³-hybridized carbons (Fsp3) is 0.140. The van der Waals surface area contributed by atoms with Crippen molar-refractivity contribution in [3.05, 3.63) is 245 Å². The van der Waals surface area contributed by atoms with Crippen molar-refractivity contribution in [2.45, 2.75) is 51.7 Å². The van der Waals surface area contributed by atoms with Gasteiger partial charge in [-0.25, -0.2) is 4.79 Å². The first-order valence-corrected chi connectivity index (χ1v) is 21.9. The standard InChI is InChI=1S/C57H49NO8/c58-49-28-26-46(31-53(49)63-38-43-22-12-4-13-23-43)57(59)66-55-34-48-51(62-37-42-20-10-3-11-21-42)32-47(60-35-40-16-6-1-7-17-40)33-52(48)65-56(55)45-27-29-50(61-36-41-18-8-2-9-19-41)54(30-45)64-39-44-24-14-5-15-25-44/h1-33,55-56H,34-39,58H2/t55-,56+/m0/s1. The SMILES string of the molecule is Nc1ccc(C(=O)O[C@H]2Cc3c(OCc4ccccc4)cc(OCc4ccccc4)cc3O[C@@H]2c2ccc(OCc3ccccc3)c(OCc3ccccc3)c2)cc1OCc1ccccc1. The molecule has 0 radical (unpaired) electrons. The van der Waals surface area contributed by atoms with E-state index < -0.39 is 18.2 Å². The smallest absolute Gasteiger partial charge is 0.338 e. The van der Waals surface area contributed by atoms with E-state index >= 15 is 0 Å². The number of hydrogen-bond donors (Lipinski definition) is 1. The van der Waals surface area contributed by atoms with E-state index in [1.165, 1.54) is 0 Å². The first kappa shape index (κ1) is 43.1. The number of benzene rings is 8. The molecule has 8 aromatic rings. The molecule has 0 unspecified atom stereocenters. The van der Waals surface area contributed by atoms with E-state index in [1.54, 1.807) is 18.2 Å². The molecule has 0 aromatic heterocycles. The van der Waals surface area contributed by atoms with Crippen molar-refractivity contribution in [1.29, 1.82) is 0 Å². The molecule has 2 N–H and O–H groups in total. The fourth-order valence-corrected chi connectivity index (χ4v) is 7.63. The van der Waals surface area contributed by atoms with E-state index in [-0.39, 0.29) is 18.6 Å². The molecule has 66 heavy (non-hydrogen) atoms. The number of rotatable bonds is 18. The predicted octanol–water partition coefficient (Wildman–Crippen LogP) is 12.1. The number of carbonyl (C=O) groups excluding carboxylic acids is 1. The summed E-state index contributed by atoms with van der Waals surface area (Å²) in [5.74, 6) is 2.54. The normalized spacial score (nSPS) is 13.9. The maximum atomic E-state index is 14.3. The van der Waals surface area contributed by atoms with Crippen LogP contribution in [0.5, 0.6) is 34.5 Å². The zero-order chi connectivity index (χ0) is 44.9. The quantitative estimate of drug-likeness (QED) is 0.0666. The molecule has 0 amide bonds. The molecule has 0 spiro atoms. The number of carbonyl (C=O) groups is 1. The first-order chi connectivity index (χ1) is 32.5. The van der Waals surface area contributed by atoms with E-state index in [4.69, 9.17) is 38.9 Å². The van der Waals surface area contributed by atoms with Crippen LogP contribution in [0.3, 0.4) is 0 Å². The van der Waals surface area contributed by atoms with Gasteiger partial charge in [0.25, 0.3) is 0 Å². The van der Waals surface area contributed by atoms with Crippen molar-refractivity contribution in [2.24, 2.45) is 0 Å². The minimum atomic E-state index is -0.829. The van der Waals surface area contributed by atoms with Gasteiger partial charge in [-0.3, -0.25) is 0 Å². The fourth-order valence-electron chi connectivity index (χ4n) is 7.63. The lowest BCUT2D eigenvalue weighted by Crippen LogP contribution is -2.35. The van der Waals surface area contributed by atoms with Crippen molar-refractivity contribution < 1.29 is 38.0 Å². The topological polar surface area (TPSA) is 108 Å². The third-order valence-corrected chi connectivity index (χ3v) is 11.1. The van der Waals surface area contributed by atoms with Crippen LogP contribution in [0.4, 0.5) is 5.69 Å². The zero-order valence-corrected chi connectivity index (χ0v) is 36.3. The molecule has 1 heterocycles. The summed E-state index contributed by atoms with van der Waals surface area (Å²) in [6, 6.07) is 63.9. The molecular weight excluding hydrogens is 827 g/mol. The van der Waals surface area contributed by atoms with Gasteiger partial charge in [0, 0.05) is 29.7 Å². The highest BCUT2D eigenvalue weighted by molar-refractivity contribution is 5.91. The molecule has 1 aliphatic heterocycles. The van der Waals surface area contributed by atoms with Gasteiger partial charge in [0.05, 0.1) is 11.3 Å². The summed E-state index contributed by atoms with van der Waals surface area (Å²) in [4.78, 5) is 14.3. The van der Waals surface area contributed by atoms with Crippen molar-refractivity contribution in [2.75, 3.05) is 5.73 Å². The van der Waals surface area contributed by atoms with Crippen molar-refractivity contribution in [1.82, 2.24) is 0 Å². The molecule has 9 nitrogen and oxygen atoms in total. The number of nitrogen functional groups attached to an aromatic ring is 1. The molecule has 0 saturated heterocycles. The summed E-state index contributed by atoms with van der Waals surface area (Å²) in [5.41, 5.74) is 13.4. The van der Waals surface area contributed by atoms with E-state index in [9.17, 15) is 4.79 Å². The monoisotopic (exact) mass is 875 g/mol. The van der Waals surface area contributed by atoms with Crippen LogP contribution in [0.15, 0.2) is 200 Å². The minimum Gasteiger partial charge on any atom is -0.489 e. The van der Waals surface area contributed by atoms with Crippen LogP contribution in [0, 0.1) is 0 Å². The molecule has 8 aromatic carbocycles. The second-order valence-electron chi connectivity index (χ2n) is 15.9. The van der Waals surface area contributed by atoms with Crippen LogP contribution < -0.4 is 34.2 Å². The Labute approximate surface area is 384 Å². The van der Waals surface area contributed by atoms with Gasteiger partial charge in [0.1, 0.15) is 62.1 Å². The highest BCUT2D eigenvalue weighted by atomic mass is 16.6. The van der Waals surface area contributed by atoms with Gasteiger partial charge >= 0.3 is 5.97 Å². The van der Waals surface area contributed by atoms with Gasteiger partial charge < -0.3 is 38.9 Å². The highest BCUT2D eigenvalue weighted by Gasteiger charge is 2.37. The van der Waals surface area contributed by atoms with Crippen molar-refractivity contribution in [3.8, 4) is 34.5 Å². The Morgan fingerprint density at radius 3 is 1.47 bits per heavy atom. The number of anilines is 1. The molecule has 0 fully saturated rings. The molecule has 9 rings (SSSR count). The molecule has 330 valence electrons. The Hall–Kier alpha value is -8.17. The second kappa shape index (κ2) is 21.0. The van der Waals surface area contributed by atoms with Gasteiger partial charge in [-0.1, -0.05) is 158 Å². The van der Waals surface area contributed by atoms with Gasteiger partial charge in [-0.15, -0.1) is 0 Å². The largest absolute Gasteiger partial charge is 0.489 e. The zero-order valence-electron chi connectivity index (χ0n) is 36.3. The molecule has 0 aliphatic carbocycles. The summed E-state index contributed by atoms with van der Waals surface area (Å²) in [6.45, 7) is 1.56. The molecule has 9 heteroatoms. The van der Waals surface area contributed by atoms with Gasteiger partial charge in [-0.2, -0.15) is 0 Å². The Balaban J connectivity index is 1.07. The Morgan fingerprint density at radius 2 is 0.939 bits per heavy atom. The van der Waals surface area contributed by atoms with Crippen LogP contribution in [0.1, 0.15) is 55.4 Å². The van der Waals surface area contributed by atoms with E-state index in [2.05, 4.69) is 0 Å². The summed E-state index contributed by atoms with van der Waals surface area (Å²) in [5, 5.41) is 0. The van der Waals surface area contributed by atoms with Crippen molar-refractivity contribution in [3.63, 3.8) is 0 Å². The maximum absolute atomic E-state index is 14.3. The number of ether oxygens (including phenoxy) is 7. The Morgan fingerprint density at radius 1 is 0.470 bits per heavy atom. The minimum absolute atomic E-state index is 0.258. The Kier molecular flexibility index (Phi) is 13.7. The van der Waals surface area contributed by atoms with Crippen LogP contribution in [0.2, 0.25) is 0 Å². The third kappa shape index (κ3) is 11.1. The number of esters is 1. The summed E-state index contributed by atoms with van der Waals surface area (Å²) in [7, 11) is 0. The summed E-state index contributed by atoms with van der Waals surface area (Å²) in [6.07, 6.45) is -1.37. The average molecular weight is 876 g/mol. The first-order valence-electron chi connectivity index (χ1n) is 21.9.